The van der Waals surface area contributed by atoms with Crippen molar-refractivity contribution >= 4 is 17.4 Å². The van der Waals surface area contributed by atoms with Crippen molar-refractivity contribution in [1.29, 1.82) is 5.26 Å². The highest BCUT2D eigenvalue weighted by Gasteiger charge is 2.11. The number of hydrogen-bond donors (Lipinski definition) is 1. The zero-order valence-corrected chi connectivity index (χ0v) is 10.4. The van der Waals surface area contributed by atoms with Crippen LogP contribution in [0.5, 0.6) is 0 Å². The van der Waals surface area contributed by atoms with Gasteiger partial charge in [0.1, 0.15) is 6.07 Å². The third-order valence-corrected chi connectivity index (χ3v) is 2.05. The van der Waals surface area contributed by atoms with Gasteiger partial charge in [0.2, 0.25) is 5.71 Å². The number of benzene rings is 1. The van der Waals surface area contributed by atoms with Crippen molar-refractivity contribution in [3.05, 3.63) is 29.8 Å². The second-order valence-electron chi connectivity index (χ2n) is 3.69. The molecule has 5 nitrogen and oxygen atoms in total. The summed E-state index contributed by atoms with van der Waals surface area (Å²) in [6, 6.07) is 9.16. The van der Waals surface area contributed by atoms with Crippen molar-refractivity contribution in [2.24, 2.45) is 5.10 Å². The topological polar surface area (TPSA) is 74.5 Å². The molecule has 0 aromatic heterocycles. The van der Waals surface area contributed by atoms with Crippen LogP contribution >= 0.6 is 0 Å². The Hall–Kier alpha value is -2.35. The minimum absolute atomic E-state index is 0.282. The normalized spacial score (nSPS) is 10.6. The SMILES string of the molecule is CCCOC(=O)/C(C#N)=N/Nc1cccc(C)c1. The molecule has 0 spiro atoms. The molecule has 5 heteroatoms. The van der Waals surface area contributed by atoms with Crippen LogP contribution in [0, 0.1) is 18.3 Å². The number of nitrogens with one attached hydrogen (secondary N) is 1. The standard InChI is InChI=1S/C13H15N3O2/c1-3-7-18-13(17)12(9-14)16-15-11-6-4-5-10(2)8-11/h4-6,8,15H,3,7H2,1-2H3/b16-12+. The Morgan fingerprint density at radius 2 is 2.33 bits per heavy atom. The average Bonchev–Trinajstić information content (AvgIpc) is 2.37. The molecule has 1 aromatic rings. The molecule has 0 aliphatic heterocycles. The van der Waals surface area contributed by atoms with E-state index in [4.69, 9.17) is 10.00 Å². The van der Waals surface area contributed by atoms with Gasteiger partial charge in [-0.15, -0.1) is 0 Å². The number of carbonyl (C=O) groups is 1. The lowest BCUT2D eigenvalue weighted by molar-refractivity contribution is -0.135. The Morgan fingerprint density at radius 1 is 1.56 bits per heavy atom. The number of hydrogen-bond acceptors (Lipinski definition) is 5. The zero-order valence-electron chi connectivity index (χ0n) is 10.4. The first-order valence-corrected chi connectivity index (χ1v) is 5.65. The minimum atomic E-state index is -0.709. The molecular formula is C13H15N3O2. The van der Waals surface area contributed by atoms with E-state index in [0.717, 1.165) is 5.56 Å². The molecule has 0 aliphatic carbocycles. The van der Waals surface area contributed by atoms with Crippen molar-refractivity contribution in [3.8, 4) is 6.07 Å². The van der Waals surface area contributed by atoms with Crippen molar-refractivity contribution in [1.82, 2.24) is 0 Å². The fraction of sp³-hybridized carbons (Fsp3) is 0.308. The number of aryl methyl sites for hydroxylation is 1. The Morgan fingerprint density at radius 3 is 2.94 bits per heavy atom. The summed E-state index contributed by atoms with van der Waals surface area (Å²) in [7, 11) is 0. The Labute approximate surface area is 106 Å². The Balaban J connectivity index is 2.69. The molecule has 1 N–H and O–H groups in total. The summed E-state index contributed by atoms with van der Waals surface area (Å²) in [5.41, 5.74) is 4.14. The number of rotatable bonds is 5. The molecule has 18 heavy (non-hydrogen) atoms. The van der Waals surface area contributed by atoms with Crippen LogP contribution in [0.1, 0.15) is 18.9 Å². The molecular weight excluding hydrogens is 230 g/mol. The van der Waals surface area contributed by atoms with Gasteiger partial charge in [-0.1, -0.05) is 19.1 Å². The molecule has 0 radical (unpaired) electrons. The third kappa shape index (κ3) is 4.26. The van der Waals surface area contributed by atoms with E-state index >= 15 is 0 Å². The van der Waals surface area contributed by atoms with E-state index in [0.29, 0.717) is 12.1 Å². The zero-order chi connectivity index (χ0) is 13.4. The second-order valence-corrected chi connectivity index (χ2v) is 3.69. The first-order valence-electron chi connectivity index (χ1n) is 5.65. The summed E-state index contributed by atoms with van der Waals surface area (Å²) in [5, 5.41) is 12.5. The van der Waals surface area contributed by atoms with Gasteiger partial charge in [0.25, 0.3) is 0 Å². The summed E-state index contributed by atoms with van der Waals surface area (Å²) < 4.78 is 4.82. The van der Waals surface area contributed by atoms with Gasteiger partial charge in [-0.3, -0.25) is 5.43 Å². The van der Waals surface area contributed by atoms with Crippen LogP contribution in [0.4, 0.5) is 5.69 Å². The summed E-state index contributed by atoms with van der Waals surface area (Å²) in [6.45, 7) is 4.10. The van der Waals surface area contributed by atoms with Crippen LogP contribution in [0.25, 0.3) is 0 Å². The van der Waals surface area contributed by atoms with Gasteiger partial charge in [0.15, 0.2) is 0 Å². The van der Waals surface area contributed by atoms with Gasteiger partial charge in [-0.2, -0.15) is 10.4 Å². The van der Waals surface area contributed by atoms with Gasteiger partial charge in [-0.25, -0.2) is 4.79 Å². The molecule has 0 saturated carbocycles. The van der Waals surface area contributed by atoms with E-state index in [1.165, 1.54) is 0 Å². The van der Waals surface area contributed by atoms with Gasteiger partial charge < -0.3 is 4.74 Å². The van der Waals surface area contributed by atoms with E-state index in [2.05, 4.69) is 10.5 Å². The lowest BCUT2D eigenvalue weighted by Crippen LogP contribution is -2.17. The molecule has 0 unspecified atom stereocenters. The molecule has 0 aliphatic rings. The van der Waals surface area contributed by atoms with Crippen LogP contribution in [-0.4, -0.2) is 18.3 Å². The molecule has 94 valence electrons. The lowest BCUT2D eigenvalue weighted by atomic mass is 10.2. The van der Waals surface area contributed by atoms with Crippen molar-refractivity contribution < 1.29 is 9.53 Å². The van der Waals surface area contributed by atoms with E-state index < -0.39 is 5.97 Å². The molecule has 0 saturated heterocycles. The van der Waals surface area contributed by atoms with Gasteiger partial charge in [-0.05, 0) is 31.0 Å². The Kier molecular flexibility index (Phi) is 5.39. The third-order valence-electron chi connectivity index (χ3n) is 2.05. The first-order chi connectivity index (χ1) is 8.67. The van der Waals surface area contributed by atoms with E-state index in [1.807, 2.05) is 32.0 Å². The van der Waals surface area contributed by atoms with Crippen molar-refractivity contribution in [2.45, 2.75) is 20.3 Å². The molecule has 0 bridgehead atoms. The van der Waals surface area contributed by atoms with Crippen LogP contribution in [-0.2, 0) is 9.53 Å². The largest absolute Gasteiger partial charge is 0.460 e. The maximum atomic E-state index is 11.4. The van der Waals surface area contributed by atoms with Crippen LogP contribution < -0.4 is 5.43 Å². The highest BCUT2D eigenvalue weighted by atomic mass is 16.5. The number of nitriles is 1. The fourth-order valence-corrected chi connectivity index (χ4v) is 1.21. The lowest BCUT2D eigenvalue weighted by Gasteiger charge is -2.03. The predicted octanol–water partition coefficient (Wildman–Crippen LogP) is 2.24. The molecule has 0 fully saturated rings. The van der Waals surface area contributed by atoms with Crippen molar-refractivity contribution in [2.75, 3.05) is 12.0 Å². The number of nitrogens with zero attached hydrogens (tertiary/aromatic N) is 2. The van der Waals surface area contributed by atoms with Crippen LogP contribution in [0.3, 0.4) is 0 Å². The monoisotopic (exact) mass is 245 g/mol. The van der Waals surface area contributed by atoms with E-state index in [1.54, 1.807) is 12.1 Å². The fourth-order valence-electron chi connectivity index (χ4n) is 1.21. The Bertz CT molecular complexity index is 489. The maximum Gasteiger partial charge on any atom is 0.369 e. The van der Waals surface area contributed by atoms with Gasteiger partial charge in [0.05, 0.1) is 12.3 Å². The number of carbonyl (C=O) groups excluding carboxylic acids is 1. The van der Waals surface area contributed by atoms with Crippen LogP contribution in [0.15, 0.2) is 29.4 Å². The number of esters is 1. The van der Waals surface area contributed by atoms with Crippen LogP contribution in [0.2, 0.25) is 0 Å². The maximum absolute atomic E-state index is 11.4. The summed E-state index contributed by atoms with van der Waals surface area (Å²) in [6.07, 6.45) is 0.704. The molecule has 0 amide bonds. The molecule has 1 rings (SSSR count). The van der Waals surface area contributed by atoms with Crippen molar-refractivity contribution in [3.63, 3.8) is 0 Å². The highest BCUT2D eigenvalue weighted by Crippen LogP contribution is 2.09. The molecule has 0 atom stereocenters. The van der Waals surface area contributed by atoms with Gasteiger partial charge in [0, 0.05) is 0 Å². The first kappa shape index (κ1) is 13.7. The number of ether oxygens (including phenoxy) is 1. The second kappa shape index (κ2) is 7.07. The summed E-state index contributed by atoms with van der Waals surface area (Å²) in [5.74, 6) is -0.709. The quantitative estimate of drug-likeness (QED) is 0.490. The number of hydrazone groups is 1. The molecule has 0 heterocycles. The number of anilines is 1. The van der Waals surface area contributed by atoms with E-state index in [9.17, 15) is 4.79 Å². The average molecular weight is 245 g/mol. The summed E-state index contributed by atoms with van der Waals surface area (Å²) in [4.78, 5) is 11.4. The molecule has 1 aromatic carbocycles. The van der Waals surface area contributed by atoms with Gasteiger partial charge >= 0.3 is 5.97 Å². The highest BCUT2D eigenvalue weighted by molar-refractivity contribution is 6.43. The van der Waals surface area contributed by atoms with E-state index in [-0.39, 0.29) is 12.3 Å². The minimum Gasteiger partial charge on any atom is -0.460 e. The smallest absolute Gasteiger partial charge is 0.369 e. The summed E-state index contributed by atoms with van der Waals surface area (Å²) >= 11 is 0. The predicted molar refractivity (Wildman–Crippen MR) is 69.1 cm³/mol.